The molecular formula is C23H19ClF3N5O2. The maximum atomic E-state index is 12.9. The van der Waals surface area contributed by atoms with Crippen molar-refractivity contribution in [1.29, 1.82) is 0 Å². The summed E-state index contributed by atoms with van der Waals surface area (Å²) in [6.45, 7) is 3.51. The van der Waals surface area contributed by atoms with Gasteiger partial charge in [0.2, 0.25) is 0 Å². The fourth-order valence-corrected chi connectivity index (χ4v) is 3.45. The van der Waals surface area contributed by atoms with E-state index in [-0.39, 0.29) is 12.4 Å². The van der Waals surface area contributed by atoms with Crippen molar-refractivity contribution < 1.29 is 22.7 Å². The highest BCUT2D eigenvalue weighted by Crippen LogP contribution is 2.29. The number of carbonyl (C=O) groups excluding carboxylic acids is 1. The number of hydrogen-bond donors (Lipinski definition) is 1. The second-order valence-corrected chi connectivity index (χ2v) is 7.94. The van der Waals surface area contributed by atoms with Crippen LogP contribution in [0.15, 0.2) is 60.8 Å². The molecule has 2 aromatic carbocycles. The lowest BCUT2D eigenvalue weighted by molar-refractivity contribution is -0.141. The summed E-state index contributed by atoms with van der Waals surface area (Å²) in [4.78, 5) is 12.5. The topological polar surface area (TPSA) is 74.0 Å². The zero-order valence-electron chi connectivity index (χ0n) is 18.1. The first-order chi connectivity index (χ1) is 16.1. The molecule has 0 aliphatic carbocycles. The minimum atomic E-state index is -4.52. The second kappa shape index (κ2) is 9.22. The Hall–Kier alpha value is -3.79. The van der Waals surface area contributed by atoms with Crippen LogP contribution in [-0.4, -0.2) is 25.5 Å². The normalized spacial score (nSPS) is 11.5. The molecule has 0 unspecified atom stereocenters. The maximum Gasteiger partial charge on any atom is 0.435 e. The number of anilines is 1. The molecule has 34 heavy (non-hydrogen) atoms. The minimum absolute atomic E-state index is 0.105. The molecule has 0 radical (unpaired) electrons. The molecule has 0 bridgehead atoms. The summed E-state index contributed by atoms with van der Waals surface area (Å²) in [5.41, 5.74) is 1.32. The number of halogens is 4. The van der Waals surface area contributed by atoms with E-state index in [1.807, 2.05) is 6.92 Å². The third kappa shape index (κ3) is 5.23. The standard InChI is InChI=1S/C23H19ClF3N5O2/c1-14-11-16(24)3-8-20(14)34-13-31-10-9-19(29-31)22(33)28-17-4-6-18(7-5-17)32-15(2)12-21(30-32)23(25,26)27/h3-12H,13H2,1-2H3,(H,28,33). The number of benzene rings is 2. The van der Waals surface area contributed by atoms with Crippen LogP contribution in [0.1, 0.15) is 27.4 Å². The van der Waals surface area contributed by atoms with E-state index in [0.717, 1.165) is 11.6 Å². The number of aryl methyl sites for hydroxylation is 2. The fourth-order valence-electron chi connectivity index (χ4n) is 3.22. The number of ether oxygens (including phenoxy) is 1. The van der Waals surface area contributed by atoms with Crippen molar-refractivity contribution in [3.05, 3.63) is 88.5 Å². The number of alkyl halides is 3. The third-order valence-corrected chi connectivity index (χ3v) is 5.15. The Bertz CT molecular complexity index is 1330. The van der Waals surface area contributed by atoms with Gasteiger partial charge in [0.1, 0.15) is 5.75 Å². The largest absolute Gasteiger partial charge is 0.471 e. The Balaban J connectivity index is 1.39. The van der Waals surface area contributed by atoms with Gasteiger partial charge < -0.3 is 10.1 Å². The number of aromatic nitrogens is 4. The Morgan fingerprint density at radius 1 is 1.06 bits per heavy atom. The highest BCUT2D eigenvalue weighted by molar-refractivity contribution is 6.30. The van der Waals surface area contributed by atoms with Crippen LogP contribution in [0.2, 0.25) is 5.02 Å². The summed E-state index contributed by atoms with van der Waals surface area (Å²) in [7, 11) is 0. The molecule has 0 aliphatic rings. The van der Waals surface area contributed by atoms with Crippen molar-refractivity contribution in [2.24, 2.45) is 0 Å². The van der Waals surface area contributed by atoms with Crippen molar-refractivity contribution in [2.75, 3.05) is 5.32 Å². The molecule has 1 N–H and O–H groups in total. The van der Waals surface area contributed by atoms with Gasteiger partial charge in [0.15, 0.2) is 18.1 Å². The fraction of sp³-hybridized carbons (Fsp3) is 0.174. The van der Waals surface area contributed by atoms with E-state index in [0.29, 0.717) is 27.8 Å². The lowest BCUT2D eigenvalue weighted by atomic mass is 10.2. The Morgan fingerprint density at radius 3 is 2.44 bits per heavy atom. The molecule has 7 nitrogen and oxygen atoms in total. The van der Waals surface area contributed by atoms with E-state index in [9.17, 15) is 18.0 Å². The molecule has 1 amide bonds. The SMILES string of the molecule is Cc1cc(Cl)ccc1OCn1ccc(C(=O)Nc2ccc(-n3nc(C(F)(F)F)cc3C)cc2)n1. The van der Waals surface area contributed by atoms with Crippen LogP contribution < -0.4 is 10.1 Å². The second-order valence-electron chi connectivity index (χ2n) is 7.51. The number of rotatable bonds is 6. The van der Waals surface area contributed by atoms with Crippen LogP contribution >= 0.6 is 11.6 Å². The van der Waals surface area contributed by atoms with Gasteiger partial charge in [-0.05, 0) is 74.0 Å². The van der Waals surface area contributed by atoms with Crippen molar-refractivity contribution in [3.8, 4) is 11.4 Å². The van der Waals surface area contributed by atoms with E-state index < -0.39 is 17.8 Å². The molecule has 0 saturated heterocycles. The van der Waals surface area contributed by atoms with Gasteiger partial charge in [0.05, 0.1) is 5.69 Å². The molecule has 2 aromatic heterocycles. The van der Waals surface area contributed by atoms with Crippen molar-refractivity contribution >= 4 is 23.2 Å². The zero-order chi connectivity index (χ0) is 24.5. The van der Waals surface area contributed by atoms with Gasteiger partial charge in [-0.15, -0.1) is 0 Å². The first-order valence-corrected chi connectivity index (χ1v) is 10.5. The van der Waals surface area contributed by atoms with Gasteiger partial charge in [-0.2, -0.15) is 23.4 Å². The predicted octanol–water partition coefficient (Wildman–Crippen LogP) is 5.65. The van der Waals surface area contributed by atoms with Gasteiger partial charge in [0.25, 0.3) is 5.91 Å². The molecular weight excluding hydrogens is 471 g/mol. The van der Waals surface area contributed by atoms with Crippen LogP contribution in [-0.2, 0) is 12.9 Å². The van der Waals surface area contributed by atoms with Gasteiger partial charge in [-0.1, -0.05) is 11.6 Å². The van der Waals surface area contributed by atoms with Crippen LogP contribution in [0.3, 0.4) is 0 Å². The molecule has 0 saturated carbocycles. The van der Waals surface area contributed by atoms with Crippen LogP contribution in [0, 0.1) is 13.8 Å². The lowest BCUT2D eigenvalue weighted by Crippen LogP contribution is -2.14. The first kappa shape index (κ1) is 23.4. The van der Waals surface area contributed by atoms with Gasteiger partial charge >= 0.3 is 6.18 Å². The van der Waals surface area contributed by atoms with Crippen LogP contribution in [0.25, 0.3) is 5.69 Å². The van der Waals surface area contributed by atoms with E-state index in [1.54, 1.807) is 54.7 Å². The Morgan fingerprint density at radius 2 is 1.79 bits per heavy atom. The predicted molar refractivity (Wildman–Crippen MR) is 120 cm³/mol. The molecule has 4 rings (SSSR count). The first-order valence-electron chi connectivity index (χ1n) is 10.1. The van der Waals surface area contributed by atoms with E-state index in [2.05, 4.69) is 15.5 Å². The number of carbonyl (C=O) groups is 1. The van der Waals surface area contributed by atoms with Crippen LogP contribution in [0.4, 0.5) is 18.9 Å². The molecule has 2 heterocycles. The quantitative estimate of drug-likeness (QED) is 0.380. The van der Waals surface area contributed by atoms with Gasteiger partial charge in [-0.3, -0.25) is 4.79 Å². The highest BCUT2D eigenvalue weighted by Gasteiger charge is 2.34. The summed E-state index contributed by atoms with van der Waals surface area (Å²) in [6, 6.07) is 14.1. The summed E-state index contributed by atoms with van der Waals surface area (Å²) in [5, 5.41) is 11.1. The maximum absolute atomic E-state index is 12.9. The smallest absolute Gasteiger partial charge is 0.435 e. The average molecular weight is 490 g/mol. The molecule has 11 heteroatoms. The number of nitrogens with one attached hydrogen (secondary N) is 1. The van der Waals surface area contributed by atoms with E-state index in [4.69, 9.17) is 16.3 Å². The monoisotopic (exact) mass is 489 g/mol. The molecule has 0 fully saturated rings. The van der Waals surface area contributed by atoms with Crippen molar-refractivity contribution in [2.45, 2.75) is 26.8 Å². The summed E-state index contributed by atoms with van der Waals surface area (Å²) < 4.78 is 47.1. The Kier molecular flexibility index (Phi) is 6.34. The molecule has 0 atom stereocenters. The zero-order valence-corrected chi connectivity index (χ0v) is 18.9. The number of hydrogen-bond acceptors (Lipinski definition) is 4. The highest BCUT2D eigenvalue weighted by atomic mass is 35.5. The number of nitrogens with zero attached hydrogens (tertiary/aromatic N) is 4. The van der Waals surface area contributed by atoms with Gasteiger partial charge in [0, 0.05) is 22.6 Å². The minimum Gasteiger partial charge on any atom is -0.471 e. The Labute approximate surface area is 197 Å². The van der Waals surface area contributed by atoms with Crippen LogP contribution in [0.5, 0.6) is 5.75 Å². The molecule has 0 aliphatic heterocycles. The summed E-state index contributed by atoms with van der Waals surface area (Å²) in [6.07, 6.45) is -2.91. The molecule has 0 spiro atoms. The third-order valence-electron chi connectivity index (χ3n) is 4.91. The van der Waals surface area contributed by atoms with E-state index >= 15 is 0 Å². The van der Waals surface area contributed by atoms with Crippen molar-refractivity contribution in [3.63, 3.8) is 0 Å². The molecule has 4 aromatic rings. The van der Waals surface area contributed by atoms with E-state index in [1.165, 1.54) is 16.3 Å². The lowest BCUT2D eigenvalue weighted by Gasteiger charge is -2.09. The molecule has 176 valence electrons. The summed E-state index contributed by atoms with van der Waals surface area (Å²) in [5.74, 6) is 0.213. The van der Waals surface area contributed by atoms with Gasteiger partial charge in [-0.25, -0.2) is 9.36 Å². The van der Waals surface area contributed by atoms with Crippen molar-refractivity contribution in [1.82, 2.24) is 19.6 Å². The average Bonchev–Trinajstić information content (AvgIpc) is 3.40. The number of amides is 1. The summed E-state index contributed by atoms with van der Waals surface area (Å²) >= 11 is 5.94.